The zero-order valence-corrected chi connectivity index (χ0v) is 18.9. The molecule has 1 fully saturated rings. The number of piperazine rings is 1. The Morgan fingerprint density at radius 2 is 1.88 bits per heavy atom. The molecule has 1 unspecified atom stereocenters. The summed E-state index contributed by atoms with van der Waals surface area (Å²) in [6, 6.07) is 11.4. The second kappa shape index (κ2) is 8.74. The molecule has 1 atom stereocenters. The first-order valence-corrected chi connectivity index (χ1v) is 11.2. The average Bonchev–Trinajstić information content (AvgIpc) is 3.44. The number of rotatable bonds is 3. The molecule has 9 nitrogen and oxygen atoms in total. The lowest BCUT2D eigenvalue weighted by Gasteiger charge is -2.35. The molecule has 2 heterocycles. The molecule has 2 aliphatic rings. The Balaban J connectivity index is 1.31. The van der Waals surface area contributed by atoms with E-state index in [1.165, 1.54) is 28.6 Å². The van der Waals surface area contributed by atoms with Crippen LogP contribution in [0.2, 0.25) is 0 Å². The van der Waals surface area contributed by atoms with Crippen LogP contribution in [0.1, 0.15) is 23.6 Å². The number of likely N-dealkylation sites (N-methyl/N-ethyl adjacent to an activating group) is 1. The Morgan fingerprint density at radius 3 is 2.67 bits per heavy atom. The number of carbonyl (C=O) groups excluding carboxylic acids is 2. The van der Waals surface area contributed by atoms with Crippen LogP contribution in [0.15, 0.2) is 42.6 Å². The number of amides is 2. The predicted octanol–water partition coefficient (Wildman–Crippen LogP) is 3.21. The van der Waals surface area contributed by atoms with Crippen molar-refractivity contribution in [2.75, 3.05) is 50.6 Å². The van der Waals surface area contributed by atoms with Crippen molar-refractivity contribution < 1.29 is 14.3 Å². The molecule has 0 radical (unpaired) electrons. The third kappa shape index (κ3) is 4.00. The first-order chi connectivity index (χ1) is 16.0. The highest BCUT2D eigenvalue weighted by molar-refractivity contribution is 6.02. The fourth-order valence-corrected chi connectivity index (χ4v) is 4.84. The second-order valence-corrected chi connectivity index (χ2v) is 8.59. The van der Waals surface area contributed by atoms with Gasteiger partial charge in [0.1, 0.15) is 0 Å². The van der Waals surface area contributed by atoms with E-state index in [9.17, 15) is 9.59 Å². The van der Waals surface area contributed by atoms with Gasteiger partial charge in [0.25, 0.3) is 0 Å². The molecule has 0 saturated carbocycles. The Kier molecular flexibility index (Phi) is 5.63. The lowest BCUT2D eigenvalue weighted by Crippen LogP contribution is -2.44. The van der Waals surface area contributed by atoms with E-state index in [1.54, 1.807) is 24.4 Å². The van der Waals surface area contributed by atoms with Crippen LogP contribution in [0.25, 0.3) is 10.9 Å². The largest absolute Gasteiger partial charge is 0.451 e. The van der Waals surface area contributed by atoms with Gasteiger partial charge in [0.05, 0.1) is 30.6 Å². The number of anilines is 2. The summed E-state index contributed by atoms with van der Waals surface area (Å²) in [4.78, 5) is 29.6. The van der Waals surface area contributed by atoms with Crippen molar-refractivity contribution in [3.8, 4) is 0 Å². The number of urea groups is 1. The van der Waals surface area contributed by atoms with Crippen molar-refractivity contribution in [3.63, 3.8) is 0 Å². The third-order valence-corrected chi connectivity index (χ3v) is 6.60. The van der Waals surface area contributed by atoms with Crippen molar-refractivity contribution in [1.29, 1.82) is 0 Å². The molecule has 2 aromatic carbocycles. The molecule has 3 aromatic rings. The van der Waals surface area contributed by atoms with E-state index in [1.807, 2.05) is 0 Å². The molecular formula is C24H28N6O3. The van der Waals surface area contributed by atoms with Crippen molar-refractivity contribution in [2.24, 2.45) is 0 Å². The number of hydrogen-bond acceptors (Lipinski definition) is 6. The summed E-state index contributed by atoms with van der Waals surface area (Å²) in [7, 11) is 3.46. The van der Waals surface area contributed by atoms with Gasteiger partial charge in [-0.1, -0.05) is 18.2 Å². The molecule has 1 aliphatic heterocycles. The summed E-state index contributed by atoms with van der Waals surface area (Å²) in [6.07, 6.45) is 2.79. The van der Waals surface area contributed by atoms with Gasteiger partial charge < -0.3 is 25.2 Å². The van der Waals surface area contributed by atoms with Gasteiger partial charge in [-0.2, -0.15) is 9.78 Å². The van der Waals surface area contributed by atoms with Gasteiger partial charge in [0, 0.05) is 37.3 Å². The summed E-state index contributed by atoms with van der Waals surface area (Å²) >= 11 is 0. The number of methoxy groups -OCH3 is 1. The number of nitrogens with one attached hydrogen (secondary N) is 2. The van der Waals surface area contributed by atoms with E-state index >= 15 is 0 Å². The normalized spacial score (nSPS) is 18.2. The highest BCUT2D eigenvalue weighted by Crippen LogP contribution is 2.37. The Morgan fingerprint density at radius 1 is 1.09 bits per heavy atom. The lowest BCUT2D eigenvalue weighted by atomic mass is 10.0. The highest BCUT2D eigenvalue weighted by Gasteiger charge is 2.28. The zero-order valence-electron chi connectivity index (χ0n) is 18.9. The van der Waals surface area contributed by atoms with Crippen molar-refractivity contribution in [2.45, 2.75) is 18.9 Å². The summed E-state index contributed by atoms with van der Waals surface area (Å²) in [5.74, 6) is 0. The standard InChI is InChI=1S/C24H28N6O3/c1-28-11-13-29(14-12-28)21-7-3-5-16-17(21)9-10-20(16)27-23(31)26-19-6-4-8-22-18(19)15-25-30(22)24(32)33-2/h3-8,15,20H,9-14H2,1-2H3,(H2,26,27,31). The monoisotopic (exact) mass is 448 g/mol. The summed E-state index contributed by atoms with van der Waals surface area (Å²) < 4.78 is 5.93. The molecule has 5 rings (SSSR count). The maximum atomic E-state index is 12.9. The van der Waals surface area contributed by atoms with E-state index < -0.39 is 6.09 Å². The molecule has 33 heavy (non-hydrogen) atoms. The van der Waals surface area contributed by atoms with Gasteiger partial charge in [0.2, 0.25) is 0 Å². The number of ether oxygens (including phenoxy) is 1. The van der Waals surface area contributed by atoms with Gasteiger partial charge >= 0.3 is 12.1 Å². The van der Waals surface area contributed by atoms with E-state index in [0.29, 0.717) is 16.6 Å². The van der Waals surface area contributed by atoms with E-state index in [-0.39, 0.29) is 12.1 Å². The number of benzene rings is 2. The average molecular weight is 449 g/mol. The third-order valence-electron chi connectivity index (χ3n) is 6.60. The summed E-state index contributed by atoms with van der Waals surface area (Å²) in [6.45, 7) is 4.17. The van der Waals surface area contributed by atoms with Crippen molar-refractivity contribution in [1.82, 2.24) is 20.0 Å². The van der Waals surface area contributed by atoms with Crippen molar-refractivity contribution in [3.05, 3.63) is 53.7 Å². The van der Waals surface area contributed by atoms with Crippen LogP contribution in [0.3, 0.4) is 0 Å². The summed E-state index contributed by atoms with van der Waals surface area (Å²) in [5, 5.41) is 10.8. The Bertz CT molecular complexity index is 1200. The highest BCUT2D eigenvalue weighted by atomic mass is 16.5. The Hall–Kier alpha value is -3.59. The zero-order chi connectivity index (χ0) is 22.9. The molecule has 2 amide bonds. The van der Waals surface area contributed by atoms with Crippen LogP contribution in [0.5, 0.6) is 0 Å². The first kappa shape index (κ1) is 21.3. The molecular weight excluding hydrogens is 420 g/mol. The number of fused-ring (bicyclic) bond motifs is 2. The SMILES string of the molecule is COC(=O)n1ncc2c(NC(=O)NC3CCc4c3cccc4N3CCN(C)CC3)cccc21. The van der Waals surface area contributed by atoms with Gasteiger partial charge in [-0.25, -0.2) is 9.59 Å². The molecule has 0 bridgehead atoms. The smallest absolute Gasteiger partial charge is 0.434 e. The number of hydrogen-bond donors (Lipinski definition) is 2. The van der Waals surface area contributed by atoms with Gasteiger partial charge in [-0.05, 0) is 49.2 Å². The molecule has 1 aromatic heterocycles. The van der Waals surface area contributed by atoms with Crippen LogP contribution < -0.4 is 15.5 Å². The minimum absolute atomic E-state index is 0.0376. The van der Waals surface area contributed by atoms with Crippen molar-refractivity contribution >= 4 is 34.4 Å². The van der Waals surface area contributed by atoms with E-state index in [0.717, 1.165) is 39.0 Å². The van der Waals surface area contributed by atoms with Crippen LogP contribution in [0.4, 0.5) is 21.0 Å². The maximum Gasteiger partial charge on any atom is 0.434 e. The van der Waals surface area contributed by atoms with Crippen LogP contribution in [-0.2, 0) is 11.2 Å². The van der Waals surface area contributed by atoms with E-state index in [2.05, 4.69) is 50.8 Å². The molecule has 0 spiro atoms. The molecule has 9 heteroatoms. The fourth-order valence-electron chi connectivity index (χ4n) is 4.84. The maximum absolute atomic E-state index is 12.9. The Labute approximate surface area is 192 Å². The second-order valence-electron chi connectivity index (χ2n) is 8.59. The topological polar surface area (TPSA) is 91.7 Å². The van der Waals surface area contributed by atoms with Gasteiger partial charge in [0.15, 0.2) is 0 Å². The van der Waals surface area contributed by atoms with Gasteiger partial charge in [-0.15, -0.1) is 0 Å². The molecule has 172 valence electrons. The molecule has 2 N–H and O–H groups in total. The number of aromatic nitrogens is 2. The first-order valence-electron chi connectivity index (χ1n) is 11.2. The van der Waals surface area contributed by atoms with Crippen LogP contribution in [-0.4, -0.2) is 67.1 Å². The van der Waals surface area contributed by atoms with E-state index in [4.69, 9.17) is 4.74 Å². The molecule has 1 aliphatic carbocycles. The quantitative estimate of drug-likeness (QED) is 0.639. The van der Waals surface area contributed by atoms with Crippen LogP contribution >= 0.6 is 0 Å². The molecule has 1 saturated heterocycles. The minimum Gasteiger partial charge on any atom is -0.451 e. The van der Waals surface area contributed by atoms with Gasteiger partial charge in [-0.3, -0.25) is 0 Å². The predicted molar refractivity (Wildman–Crippen MR) is 127 cm³/mol. The number of carbonyl (C=O) groups is 2. The fraction of sp³-hybridized carbons (Fsp3) is 0.375. The minimum atomic E-state index is -0.578. The van der Waals surface area contributed by atoms with Crippen LogP contribution in [0, 0.1) is 0 Å². The summed E-state index contributed by atoms with van der Waals surface area (Å²) in [5.41, 5.74) is 4.99. The lowest BCUT2D eigenvalue weighted by molar-refractivity contribution is 0.170. The number of nitrogens with zero attached hydrogens (tertiary/aromatic N) is 4.